The molecular formula is C13H24O2. The Morgan fingerprint density at radius 3 is 2.47 bits per heavy atom. The van der Waals surface area contributed by atoms with Gasteiger partial charge in [-0.2, -0.15) is 0 Å². The summed E-state index contributed by atoms with van der Waals surface area (Å²) in [5.41, 5.74) is -0.117. The lowest BCUT2D eigenvalue weighted by Crippen LogP contribution is -2.38. The van der Waals surface area contributed by atoms with E-state index in [1.807, 2.05) is 0 Å². The highest BCUT2D eigenvalue weighted by Crippen LogP contribution is 2.38. The molecule has 0 N–H and O–H groups in total. The summed E-state index contributed by atoms with van der Waals surface area (Å²) in [6.07, 6.45) is 7.94. The van der Waals surface area contributed by atoms with Gasteiger partial charge in [-0.3, -0.25) is 4.79 Å². The number of esters is 1. The molecule has 0 spiro atoms. The molecule has 0 bridgehead atoms. The zero-order chi connectivity index (χ0) is 11.3. The number of carbonyl (C=O) groups excluding carboxylic acids is 1. The lowest BCUT2D eigenvalue weighted by molar-refractivity contribution is -0.162. The standard InChI is InChI=1S/C13H24O2/c1-4-5-8-13(15-12(3)14)9-6-11(2)7-10-13/h11H,4-10H2,1-3H3. The van der Waals surface area contributed by atoms with Crippen LogP contribution in [0.3, 0.4) is 0 Å². The van der Waals surface area contributed by atoms with E-state index < -0.39 is 0 Å². The summed E-state index contributed by atoms with van der Waals surface area (Å²) in [6, 6.07) is 0. The number of rotatable bonds is 4. The topological polar surface area (TPSA) is 26.3 Å². The summed E-state index contributed by atoms with van der Waals surface area (Å²) in [5, 5.41) is 0. The average molecular weight is 212 g/mol. The quantitative estimate of drug-likeness (QED) is 0.664. The molecule has 2 nitrogen and oxygen atoms in total. The maximum Gasteiger partial charge on any atom is 0.303 e. The molecule has 1 rings (SSSR count). The predicted molar refractivity (Wildman–Crippen MR) is 61.7 cm³/mol. The van der Waals surface area contributed by atoms with Gasteiger partial charge in [0.2, 0.25) is 0 Å². The van der Waals surface area contributed by atoms with E-state index in [-0.39, 0.29) is 11.6 Å². The second-order valence-electron chi connectivity index (χ2n) is 5.06. The van der Waals surface area contributed by atoms with Crippen molar-refractivity contribution in [2.45, 2.75) is 71.3 Å². The van der Waals surface area contributed by atoms with Crippen LogP contribution in [-0.2, 0) is 9.53 Å². The second kappa shape index (κ2) is 5.53. The van der Waals surface area contributed by atoms with Crippen LogP contribution >= 0.6 is 0 Å². The van der Waals surface area contributed by atoms with E-state index in [1.54, 1.807) is 0 Å². The second-order valence-corrected chi connectivity index (χ2v) is 5.06. The molecule has 0 aromatic heterocycles. The van der Waals surface area contributed by atoms with Crippen LogP contribution in [-0.4, -0.2) is 11.6 Å². The van der Waals surface area contributed by atoms with E-state index in [9.17, 15) is 4.79 Å². The molecular weight excluding hydrogens is 188 g/mol. The minimum Gasteiger partial charge on any atom is -0.459 e. The fourth-order valence-electron chi connectivity index (χ4n) is 2.50. The van der Waals surface area contributed by atoms with Crippen molar-refractivity contribution >= 4 is 5.97 Å². The van der Waals surface area contributed by atoms with Crippen molar-refractivity contribution in [3.63, 3.8) is 0 Å². The van der Waals surface area contributed by atoms with Crippen LogP contribution in [0.15, 0.2) is 0 Å². The van der Waals surface area contributed by atoms with E-state index >= 15 is 0 Å². The molecule has 0 aromatic rings. The summed E-state index contributed by atoms with van der Waals surface area (Å²) in [7, 11) is 0. The number of carbonyl (C=O) groups is 1. The molecule has 0 atom stereocenters. The third-order valence-corrected chi connectivity index (χ3v) is 3.53. The number of ether oxygens (including phenoxy) is 1. The molecule has 1 fully saturated rings. The zero-order valence-electron chi connectivity index (χ0n) is 10.3. The van der Waals surface area contributed by atoms with E-state index in [0.29, 0.717) is 0 Å². The molecule has 2 heteroatoms. The monoisotopic (exact) mass is 212 g/mol. The van der Waals surface area contributed by atoms with Gasteiger partial charge in [-0.15, -0.1) is 0 Å². The minimum absolute atomic E-state index is 0.111. The average Bonchev–Trinajstić information content (AvgIpc) is 2.19. The Balaban J connectivity index is 2.55. The van der Waals surface area contributed by atoms with Gasteiger partial charge in [0, 0.05) is 6.92 Å². The Morgan fingerprint density at radius 1 is 1.40 bits per heavy atom. The first-order chi connectivity index (χ1) is 7.08. The highest BCUT2D eigenvalue weighted by atomic mass is 16.6. The predicted octanol–water partition coefficient (Wildman–Crippen LogP) is 3.69. The van der Waals surface area contributed by atoms with Crippen LogP contribution in [0.25, 0.3) is 0 Å². The summed E-state index contributed by atoms with van der Waals surface area (Å²) in [4.78, 5) is 11.1. The minimum atomic E-state index is -0.117. The first-order valence-electron chi connectivity index (χ1n) is 6.27. The molecule has 0 saturated heterocycles. The van der Waals surface area contributed by atoms with Crippen molar-refractivity contribution < 1.29 is 9.53 Å². The van der Waals surface area contributed by atoms with Gasteiger partial charge in [0.25, 0.3) is 0 Å². The number of unbranched alkanes of at least 4 members (excludes halogenated alkanes) is 1. The Kier molecular flexibility index (Phi) is 4.62. The highest BCUT2D eigenvalue weighted by molar-refractivity contribution is 5.66. The highest BCUT2D eigenvalue weighted by Gasteiger charge is 2.36. The van der Waals surface area contributed by atoms with Crippen molar-refractivity contribution in [1.82, 2.24) is 0 Å². The van der Waals surface area contributed by atoms with Crippen LogP contribution in [0.2, 0.25) is 0 Å². The van der Waals surface area contributed by atoms with Gasteiger partial charge in [-0.05, 0) is 44.4 Å². The lowest BCUT2D eigenvalue weighted by atomic mass is 9.77. The normalized spacial score (nSPS) is 31.3. The summed E-state index contributed by atoms with van der Waals surface area (Å²) in [6.45, 7) is 6.01. The van der Waals surface area contributed by atoms with Crippen LogP contribution in [0, 0.1) is 5.92 Å². The number of hydrogen-bond donors (Lipinski definition) is 0. The Bertz CT molecular complexity index is 197. The van der Waals surface area contributed by atoms with Crippen LogP contribution in [0.4, 0.5) is 0 Å². The smallest absolute Gasteiger partial charge is 0.303 e. The first-order valence-corrected chi connectivity index (χ1v) is 6.27. The molecule has 0 radical (unpaired) electrons. The van der Waals surface area contributed by atoms with Gasteiger partial charge in [0.15, 0.2) is 0 Å². The van der Waals surface area contributed by atoms with E-state index in [1.165, 1.54) is 32.6 Å². The SMILES string of the molecule is CCCCC1(OC(C)=O)CCC(C)CC1. The Labute approximate surface area is 93.4 Å². The molecule has 0 aliphatic heterocycles. The van der Waals surface area contributed by atoms with Crippen molar-refractivity contribution in [2.24, 2.45) is 5.92 Å². The molecule has 15 heavy (non-hydrogen) atoms. The third kappa shape index (κ3) is 3.84. The summed E-state index contributed by atoms with van der Waals surface area (Å²) >= 11 is 0. The molecule has 88 valence electrons. The Morgan fingerprint density at radius 2 is 2.00 bits per heavy atom. The van der Waals surface area contributed by atoms with Crippen LogP contribution < -0.4 is 0 Å². The van der Waals surface area contributed by atoms with Crippen molar-refractivity contribution in [3.8, 4) is 0 Å². The maximum absolute atomic E-state index is 11.1. The van der Waals surface area contributed by atoms with Gasteiger partial charge in [0.05, 0.1) is 0 Å². The molecule has 0 heterocycles. The van der Waals surface area contributed by atoms with Gasteiger partial charge < -0.3 is 4.74 Å². The van der Waals surface area contributed by atoms with Crippen molar-refractivity contribution in [3.05, 3.63) is 0 Å². The summed E-state index contributed by atoms with van der Waals surface area (Å²) < 4.78 is 5.59. The van der Waals surface area contributed by atoms with Gasteiger partial charge in [0.1, 0.15) is 5.60 Å². The summed E-state index contributed by atoms with van der Waals surface area (Å²) in [5.74, 6) is 0.691. The Hall–Kier alpha value is -0.530. The van der Waals surface area contributed by atoms with Crippen LogP contribution in [0.1, 0.15) is 65.7 Å². The van der Waals surface area contributed by atoms with E-state index in [2.05, 4.69) is 13.8 Å². The van der Waals surface area contributed by atoms with Gasteiger partial charge in [-0.1, -0.05) is 20.3 Å². The molecule has 0 amide bonds. The largest absolute Gasteiger partial charge is 0.459 e. The van der Waals surface area contributed by atoms with Crippen LogP contribution in [0.5, 0.6) is 0 Å². The lowest BCUT2D eigenvalue weighted by Gasteiger charge is -2.38. The zero-order valence-corrected chi connectivity index (χ0v) is 10.3. The molecule has 0 aromatic carbocycles. The third-order valence-electron chi connectivity index (χ3n) is 3.53. The van der Waals surface area contributed by atoms with Crippen molar-refractivity contribution in [2.75, 3.05) is 0 Å². The van der Waals surface area contributed by atoms with E-state index in [0.717, 1.165) is 25.2 Å². The molecule has 1 saturated carbocycles. The van der Waals surface area contributed by atoms with Gasteiger partial charge in [-0.25, -0.2) is 0 Å². The van der Waals surface area contributed by atoms with Crippen molar-refractivity contribution in [1.29, 1.82) is 0 Å². The number of hydrogen-bond acceptors (Lipinski definition) is 2. The van der Waals surface area contributed by atoms with E-state index in [4.69, 9.17) is 4.74 Å². The maximum atomic E-state index is 11.1. The first kappa shape index (κ1) is 12.5. The molecule has 1 aliphatic rings. The van der Waals surface area contributed by atoms with Gasteiger partial charge >= 0.3 is 5.97 Å². The molecule has 0 unspecified atom stereocenters. The fourth-order valence-corrected chi connectivity index (χ4v) is 2.50. The molecule has 1 aliphatic carbocycles. The fraction of sp³-hybridized carbons (Fsp3) is 0.923.